The molecule has 12 heteroatoms. The Morgan fingerprint density at radius 2 is 1.47 bits per heavy atom. The van der Waals surface area contributed by atoms with Crippen LogP contribution in [0.15, 0.2) is 125 Å². The Bertz CT molecular complexity index is 2310. The Labute approximate surface area is 315 Å². The third kappa shape index (κ3) is 9.04. The molecule has 10 nitrogen and oxygen atoms in total. The minimum atomic E-state index is -0.579. The lowest BCUT2D eigenvalue weighted by atomic mass is 10.1. The molecule has 5 aromatic carbocycles. The summed E-state index contributed by atoms with van der Waals surface area (Å²) in [7, 11) is 4.50. The van der Waals surface area contributed by atoms with Crippen molar-refractivity contribution in [2.45, 2.75) is 17.1 Å². The minimum absolute atomic E-state index is 0.0401. The van der Waals surface area contributed by atoms with Gasteiger partial charge in [0, 0.05) is 38.7 Å². The number of hydrogen-bond acceptors (Lipinski definition) is 9. The molecular weight excluding hydrogens is 709 g/mol. The molecule has 0 aliphatic carbocycles. The molecular formula is C41H36N4O6S2. The summed E-state index contributed by atoms with van der Waals surface area (Å²) in [5, 5.41) is 12.8. The van der Waals surface area contributed by atoms with Crippen LogP contribution in [0.2, 0.25) is 0 Å². The molecule has 1 aromatic heterocycles. The van der Waals surface area contributed by atoms with Crippen LogP contribution < -0.4 is 30.2 Å². The van der Waals surface area contributed by atoms with Crippen molar-refractivity contribution in [3.63, 3.8) is 0 Å². The van der Waals surface area contributed by atoms with E-state index in [1.165, 1.54) is 50.5 Å². The molecule has 3 amide bonds. The number of rotatable bonds is 13. The van der Waals surface area contributed by atoms with Crippen molar-refractivity contribution < 1.29 is 28.6 Å². The van der Waals surface area contributed by atoms with Crippen molar-refractivity contribution in [2.24, 2.45) is 0 Å². The molecule has 268 valence electrons. The van der Waals surface area contributed by atoms with Crippen molar-refractivity contribution in [3.8, 4) is 28.5 Å². The first-order valence-electron chi connectivity index (χ1n) is 16.5. The number of thioether (sulfide) groups is 1. The van der Waals surface area contributed by atoms with Gasteiger partial charge in [0.2, 0.25) is 5.91 Å². The molecule has 53 heavy (non-hydrogen) atoms. The zero-order chi connectivity index (χ0) is 37.3. The highest BCUT2D eigenvalue weighted by atomic mass is 32.2. The van der Waals surface area contributed by atoms with Crippen LogP contribution in [-0.4, -0.2) is 49.3 Å². The van der Waals surface area contributed by atoms with E-state index in [0.717, 1.165) is 26.9 Å². The van der Waals surface area contributed by atoms with E-state index in [-0.39, 0.29) is 11.6 Å². The number of fused-ring (bicyclic) bond motifs is 1. The summed E-state index contributed by atoms with van der Waals surface area (Å²) in [4.78, 5) is 45.6. The fourth-order valence-electron chi connectivity index (χ4n) is 5.39. The Hall–Kier alpha value is -6.11. The number of nitrogens with zero attached hydrogens (tertiary/aromatic N) is 1. The standard InChI is InChI=1S/C41H36N4O6S2/c1-25(38(46)45-41-44-34(24-52-41)29-18-17-26-11-8-9-14-28(26)19-29)53-32-16-10-15-31(22-32)42-40(48)33(43-39(47)27-12-6-5-7-13-27)20-30-21-36(50-3)37(51-4)23-35(30)49-2/h5-25H,1-4H3,(H,42,48)(H,43,47)(H,44,45,46)/b33-20+. The van der Waals surface area contributed by atoms with E-state index in [2.05, 4.69) is 45.2 Å². The van der Waals surface area contributed by atoms with Crippen molar-refractivity contribution in [2.75, 3.05) is 32.0 Å². The Balaban J connectivity index is 1.16. The van der Waals surface area contributed by atoms with Crippen LogP contribution in [0.4, 0.5) is 10.8 Å². The number of ether oxygens (including phenoxy) is 3. The van der Waals surface area contributed by atoms with E-state index in [4.69, 9.17) is 14.2 Å². The second-order valence-electron chi connectivity index (χ2n) is 11.7. The Morgan fingerprint density at radius 1 is 0.755 bits per heavy atom. The van der Waals surface area contributed by atoms with Crippen LogP contribution in [0.3, 0.4) is 0 Å². The SMILES string of the molecule is COc1cc(OC)c(OC)cc1/C=C(/NC(=O)c1ccccc1)C(=O)Nc1cccc(SC(C)C(=O)Nc2nc(-c3ccc4ccccc4c3)cs2)c1. The number of hydrogen-bond donors (Lipinski definition) is 3. The Kier molecular flexibility index (Phi) is 11.7. The molecule has 3 N–H and O–H groups in total. The van der Waals surface area contributed by atoms with Gasteiger partial charge in [-0.2, -0.15) is 0 Å². The lowest BCUT2D eigenvalue weighted by Crippen LogP contribution is -2.30. The monoisotopic (exact) mass is 744 g/mol. The number of nitrogens with one attached hydrogen (secondary N) is 3. The lowest BCUT2D eigenvalue weighted by Gasteiger charge is -2.15. The molecule has 1 unspecified atom stereocenters. The van der Waals surface area contributed by atoms with Crippen LogP contribution in [0, 0.1) is 0 Å². The smallest absolute Gasteiger partial charge is 0.272 e. The van der Waals surface area contributed by atoms with Crippen LogP contribution in [-0.2, 0) is 9.59 Å². The normalized spacial score (nSPS) is 11.7. The second kappa shape index (κ2) is 16.9. The first kappa shape index (κ1) is 36.7. The lowest BCUT2D eigenvalue weighted by molar-refractivity contribution is -0.115. The van der Waals surface area contributed by atoms with Gasteiger partial charge in [-0.15, -0.1) is 23.1 Å². The number of anilines is 2. The van der Waals surface area contributed by atoms with Crippen LogP contribution in [0.25, 0.3) is 28.1 Å². The molecule has 0 fully saturated rings. The molecule has 0 aliphatic rings. The van der Waals surface area contributed by atoms with Gasteiger partial charge in [0.25, 0.3) is 11.8 Å². The van der Waals surface area contributed by atoms with Crippen molar-refractivity contribution in [1.82, 2.24) is 10.3 Å². The molecule has 0 spiro atoms. The van der Waals surface area contributed by atoms with Gasteiger partial charge >= 0.3 is 0 Å². The van der Waals surface area contributed by atoms with E-state index in [1.54, 1.807) is 67.6 Å². The van der Waals surface area contributed by atoms with Gasteiger partial charge in [-0.3, -0.25) is 14.4 Å². The average molecular weight is 745 g/mol. The largest absolute Gasteiger partial charge is 0.496 e. The topological polar surface area (TPSA) is 128 Å². The number of methoxy groups -OCH3 is 3. The maximum atomic E-state index is 13.8. The maximum absolute atomic E-state index is 13.8. The second-order valence-corrected chi connectivity index (χ2v) is 13.9. The van der Waals surface area contributed by atoms with Crippen LogP contribution in [0.1, 0.15) is 22.8 Å². The highest BCUT2D eigenvalue weighted by molar-refractivity contribution is 8.00. The molecule has 0 bridgehead atoms. The summed E-state index contributed by atoms with van der Waals surface area (Å²) >= 11 is 2.70. The molecule has 6 rings (SSSR count). The number of benzene rings is 5. The third-order valence-corrected chi connectivity index (χ3v) is 9.97. The number of carbonyl (C=O) groups excluding carboxylic acids is 3. The minimum Gasteiger partial charge on any atom is -0.496 e. The van der Waals surface area contributed by atoms with Gasteiger partial charge in [-0.05, 0) is 66.2 Å². The van der Waals surface area contributed by atoms with Crippen LogP contribution in [0.5, 0.6) is 17.2 Å². The van der Waals surface area contributed by atoms with Gasteiger partial charge in [0.1, 0.15) is 11.4 Å². The van der Waals surface area contributed by atoms with Gasteiger partial charge in [-0.1, -0.05) is 60.7 Å². The predicted molar refractivity (Wildman–Crippen MR) is 212 cm³/mol. The van der Waals surface area contributed by atoms with Gasteiger partial charge in [0.05, 0.1) is 32.3 Å². The summed E-state index contributed by atoms with van der Waals surface area (Å²) in [6, 6.07) is 33.3. The summed E-state index contributed by atoms with van der Waals surface area (Å²) < 4.78 is 16.4. The molecule has 0 saturated heterocycles. The van der Waals surface area contributed by atoms with E-state index in [0.29, 0.717) is 39.2 Å². The summed E-state index contributed by atoms with van der Waals surface area (Å²) in [5.74, 6) is -0.00527. The van der Waals surface area contributed by atoms with Gasteiger partial charge < -0.3 is 30.2 Å². The van der Waals surface area contributed by atoms with E-state index in [1.807, 2.05) is 29.6 Å². The Morgan fingerprint density at radius 3 is 2.23 bits per heavy atom. The average Bonchev–Trinajstić information content (AvgIpc) is 3.66. The maximum Gasteiger partial charge on any atom is 0.272 e. The fourth-order valence-corrected chi connectivity index (χ4v) is 7.04. The van der Waals surface area contributed by atoms with E-state index >= 15 is 0 Å². The molecule has 0 aliphatic heterocycles. The van der Waals surface area contributed by atoms with Gasteiger partial charge in [0.15, 0.2) is 16.6 Å². The number of amides is 3. The molecule has 1 atom stereocenters. The first-order valence-corrected chi connectivity index (χ1v) is 18.2. The van der Waals surface area contributed by atoms with Gasteiger partial charge in [-0.25, -0.2) is 4.98 Å². The van der Waals surface area contributed by atoms with E-state index in [9.17, 15) is 14.4 Å². The predicted octanol–water partition coefficient (Wildman–Crippen LogP) is 8.52. The van der Waals surface area contributed by atoms with Crippen molar-refractivity contribution in [3.05, 3.63) is 131 Å². The summed E-state index contributed by atoms with van der Waals surface area (Å²) in [6.07, 6.45) is 1.51. The highest BCUT2D eigenvalue weighted by Gasteiger charge is 2.20. The van der Waals surface area contributed by atoms with E-state index < -0.39 is 17.1 Å². The quantitative estimate of drug-likeness (QED) is 0.0794. The number of thiazole rings is 1. The number of carbonyl (C=O) groups is 3. The highest BCUT2D eigenvalue weighted by Crippen LogP contribution is 2.36. The first-order chi connectivity index (χ1) is 25.7. The molecule has 6 aromatic rings. The molecule has 1 heterocycles. The number of aromatic nitrogens is 1. The summed E-state index contributed by atoms with van der Waals surface area (Å²) in [6.45, 7) is 1.81. The fraction of sp³-hybridized carbons (Fsp3) is 0.122. The zero-order valence-electron chi connectivity index (χ0n) is 29.3. The van der Waals surface area contributed by atoms with Crippen molar-refractivity contribution in [1.29, 1.82) is 0 Å². The molecule has 0 saturated carbocycles. The molecule has 0 radical (unpaired) electrons. The van der Waals surface area contributed by atoms with Crippen LogP contribution >= 0.6 is 23.1 Å². The summed E-state index contributed by atoms with van der Waals surface area (Å²) in [5.41, 5.74) is 3.03. The zero-order valence-corrected chi connectivity index (χ0v) is 31.0. The van der Waals surface area contributed by atoms with Crippen molar-refractivity contribution >= 4 is 68.5 Å². The third-order valence-electron chi connectivity index (χ3n) is 8.12.